The molecule has 0 rings (SSSR count). The second-order valence-corrected chi connectivity index (χ2v) is 3.52. The smallest absolute Gasteiger partial charge is 0.403 e. The Morgan fingerprint density at radius 3 is 1.74 bits per heavy atom. The van der Waals surface area contributed by atoms with Gasteiger partial charge in [0.25, 0.3) is 0 Å². The van der Waals surface area contributed by atoms with Crippen molar-refractivity contribution in [3.8, 4) is 12.1 Å². The number of halogens is 6. The zero-order valence-electron chi connectivity index (χ0n) is 9.51. The number of allylic oxidation sites excluding steroid dienone is 1. The molecule has 0 spiro atoms. The zero-order chi connectivity index (χ0) is 15.3. The summed E-state index contributed by atoms with van der Waals surface area (Å²) >= 11 is 0. The summed E-state index contributed by atoms with van der Waals surface area (Å²) in [5.74, 6) is -4.05. The van der Waals surface area contributed by atoms with E-state index in [0.29, 0.717) is 0 Å². The normalized spacial score (nSPS) is 13.4. The van der Waals surface area contributed by atoms with E-state index in [-0.39, 0.29) is 0 Å². The standard InChI is InChI=1S/C10H8F6N2O/c1-19-4-2-3-8(5-17,6-18)7(9(11,12)13)10(14,15)16/h2,4,7H,3H2,1H3/b4-2-. The molecular weight excluding hydrogens is 278 g/mol. The highest BCUT2D eigenvalue weighted by Gasteiger charge is 2.67. The third-order valence-electron chi connectivity index (χ3n) is 2.22. The number of nitrogens with zero attached hydrogens (tertiary/aromatic N) is 2. The van der Waals surface area contributed by atoms with Crippen LogP contribution in [-0.2, 0) is 4.74 Å². The minimum Gasteiger partial charge on any atom is -0.505 e. The van der Waals surface area contributed by atoms with Gasteiger partial charge in [-0.1, -0.05) is 0 Å². The van der Waals surface area contributed by atoms with E-state index in [1.807, 2.05) is 0 Å². The predicted molar refractivity (Wildman–Crippen MR) is 50.0 cm³/mol. The summed E-state index contributed by atoms with van der Waals surface area (Å²) in [7, 11) is 1.11. The second-order valence-electron chi connectivity index (χ2n) is 3.52. The van der Waals surface area contributed by atoms with Gasteiger partial charge in [0.1, 0.15) is 0 Å². The lowest BCUT2D eigenvalue weighted by atomic mass is 9.74. The third kappa shape index (κ3) is 4.05. The quantitative estimate of drug-likeness (QED) is 0.588. The molecule has 0 heterocycles. The molecule has 9 heteroatoms. The molecule has 0 fully saturated rings. The minimum atomic E-state index is -5.76. The summed E-state index contributed by atoms with van der Waals surface area (Å²) in [5.41, 5.74) is -3.29. The van der Waals surface area contributed by atoms with Crippen LogP contribution in [-0.4, -0.2) is 19.5 Å². The molecule has 3 nitrogen and oxygen atoms in total. The Morgan fingerprint density at radius 2 is 1.47 bits per heavy atom. The SMILES string of the molecule is CO/C=C\CC(C#N)(C#N)C(C(F)(F)F)C(F)(F)F. The number of alkyl halides is 6. The molecule has 0 bridgehead atoms. The van der Waals surface area contributed by atoms with Crippen molar-refractivity contribution in [2.24, 2.45) is 11.3 Å². The van der Waals surface area contributed by atoms with Crippen LogP contribution in [0.3, 0.4) is 0 Å². The van der Waals surface area contributed by atoms with Crippen LogP contribution in [0.25, 0.3) is 0 Å². The van der Waals surface area contributed by atoms with Gasteiger partial charge in [-0.15, -0.1) is 0 Å². The van der Waals surface area contributed by atoms with Crippen LogP contribution in [0.1, 0.15) is 6.42 Å². The number of hydrogen-bond donors (Lipinski definition) is 0. The molecule has 0 radical (unpaired) electrons. The van der Waals surface area contributed by atoms with Gasteiger partial charge in [0.15, 0.2) is 11.3 Å². The molecule has 0 aliphatic rings. The summed E-state index contributed by atoms with van der Waals surface area (Å²) in [6.07, 6.45) is -11.0. The first-order valence-corrected chi connectivity index (χ1v) is 4.69. The van der Waals surface area contributed by atoms with Crippen molar-refractivity contribution >= 4 is 0 Å². The van der Waals surface area contributed by atoms with Crippen LogP contribution in [0.5, 0.6) is 0 Å². The Balaban J connectivity index is 5.76. The highest BCUT2D eigenvalue weighted by molar-refractivity contribution is 5.21. The van der Waals surface area contributed by atoms with Crippen LogP contribution < -0.4 is 0 Å². The topological polar surface area (TPSA) is 56.8 Å². The zero-order valence-corrected chi connectivity index (χ0v) is 9.51. The monoisotopic (exact) mass is 286 g/mol. The molecule has 0 saturated heterocycles. The molecule has 0 unspecified atom stereocenters. The molecule has 19 heavy (non-hydrogen) atoms. The van der Waals surface area contributed by atoms with Gasteiger partial charge in [0.05, 0.1) is 25.5 Å². The van der Waals surface area contributed by atoms with Crippen molar-refractivity contribution in [3.05, 3.63) is 12.3 Å². The van der Waals surface area contributed by atoms with E-state index in [0.717, 1.165) is 31.6 Å². The van der Waals surface area contributed by atoms with E-state index >= 15 is 0 Å². The largest absolute Gasteiger partial charge is 0.505 e. The van der Waals surface area contributed by atoms with Crippen LogP contribution >= 0.6 is 0 Å². The van der Waals surface area contributed by atoms with Gasteiger partial charge in [-0.05, 0) is 6.08 Å². The maximum Gasteiger partial charge on any atom is 0.403 e. The second kappa shape index (κ2) is 5.83. The molecule has 0 aromatic heterocycles. The first kappa shape index (κ1) is 17.1. The molecule has 0 aromatic rings. The van der Waals surface area contributed by atoms with Gasteiger partial charge in [0.2, 0.25) is 0 Å². The average molecular weight is 286 g/mol. The van der Waals surface area contributed by atoms with Crippen LogP contribution in [0.2, 0.25) is 0 Å². The summed E-state index contributed by atoms with van der Waals surface area (Å²) in [4.78, 5) is 0. The predicted octanol–water partition coefficient (Wildman–Crippen LogP) is 3.31. The maximum absolute atomic E-state index is 12.5. The fraction of sp³-hybridized carbons (Fsp3) is 0.600. The van der Waals surface area contributed by atoms with E-state index in [1.165, 1.54) is 0 Å². The van der Waals surface area contributed by atoms with Crippen molar-refractivity contribution in [1.82, 2.24) is 0 Å². The van der Waals surface area contributed by atoms with Gasteiger partial charge < -0.3 is 4.74 Å². The first-order valence-electron chi connectivity index (χ1n) is 4.69. The molecular formula is C10H8F6N2O. The van der Waals surface area contributed by atoms with Crippen molar-refractivity contribution in [3.63, 3.8) is 0 Å². The maximum atomic E-state index is 12.5. The van der Waals surface area contributed by atoms with Crippen molar-refractivity contribution in [1.29, 1.82) is 10.5 Å². The molecule has 0 aromatic carbocycles. The Kier molecular flexibility index (Phi) is 5.24. The van der Waals surface area contributed by atoms with Gasteiger partial charge in [0, 0.05) is 6.42 Å². The summed E-state index contributed by atoms with van der Waals surface area (Å²) in [6.45, 7) is 0. The molecule has 0 aliphatic carbocycles. The summed E-state index contributed by atoms with van der Waals surface area (Å²) in [5, 5.41) is 17.3. The van der Waals surface area contributed by atoms with Gasteiger partial charge in [-0.25, -0.2) is 0 Å². The Hall–Kier alpha value is -1.90. The molecule has 0 amide bonds. The summed E-state index contributed by atoms with van der Waals surface area (Å²) < 4.78 is 79.4. The van der Waals surface area contributed by atoms with Gasteiger partial charge >= 0.3 is 12.4 Å². The Labute approximate surface area is 104 Å². The molecule has 106 valence electrons. The Bertz CT molecular complexity index is 384. The fourth-order valence-electron chi connectivity index (χ4n) is 1.44. The number of rotatable bonds is 4. The molecule has 0 aliphatic heterocycles. The van der Waals surface area contributed by atoms with E-state index in [2.05, 4.69) is 4.74 Å². The highest BCUT2D eigenvalue weighted by Crippen LogP contribution is 2.50. The van der Waals surface area contributed by atoms with E-state index in [4.69, 9.17) is 10.5 Å². The van der Waals surface area contributed by atoms with Gasteiger partial charge in [-0.2, -0.15) is 36.9 Å². The van der Waals surface area contributed by atoms with Crippen molar-refractivity contribution < 1.29 is 31.1 Å². The third-order valence-corrected chi connectivity index (χ3v) is 2.22. The number of ether oxygens (including phenoxy) is 1. The van der Waals surface area contributed by atoms with Crippen LogP contribution in [0, 0.1) is 34.0 Å². The average Bonchev–Trinajstić information content (AvgIpc) is 2.24. The van der Waals surface area contributed by atoms with Gasteiger partial charge in [-0.3, -0.25) is 0 Å². The molecule has 0 N–H and O–H groups in total. The lowest BCUT2D eigenvalue weighted by Gasteiger charge is -2.31. The molecule has 0 saturated carbocycles. The first-order chi connectivity index (χ1) is 8.55. The number of methoxy groups -OCH3 is 1. The van der Waals surface area contributed by atoms with Crippen LogP contribution in [0.15, 0.2) is 12.3 Å². The van der Waals surface area contributed by atoms with Crippen molar-refractivity contribution in [2.75, 3.05) is 7.11 Å². The number of hydrogen-bond acceptors (Lipinski definition) is 3. The lowest BCUT2D eigenvalue weighted by molar-refractivity contribution is -0.302. The fourth-order valence-corrected chi connectivity index (χ4v) is 1.44. The lowest BCUT2D eigenvalue weighted by Crippen LogP contribution is -2.47. The summed E-state index contributed by atoms with van der Waals surface area (Å²) in [6, 6.07) is 1.66. The van der Waals surface area contributed by atoms with Crippen LogP contribution in [0.4, 0.5) is 26.3 Å². The van der Waals surface area contributed by atoms with Crippen molar-refractivity contribution in [2.45, 2.75) is 18.8 Å². The Morgan fingerprint density at radius 1 is 1.05 bits per heavy atom. The van der Waals surface area contributed by atoms with E-state index < -0.39 is 30.1 Å². The van der Waals surface area contributed by atoms with E-state index in [9.17, 15) is 26.3 Å². The number of nitriles is 2. The highest BCUT2D eigenvalue weighted by atomic mass is 19.4. The minimum absolute atomic E-state index is 0.761. The van der Waals surface area contributed by atoms with E-state index in [1.54, 1.807) is 0 Å². The molecule has 0 atom stereocenters.